The largest absolute Gasteiger partial charge is 0.316 e. The molecule has 1 nitrogen and oxygen atoms in total. The molecule has 1 rings (SSSR count). The molecule has 0 amide bonds. The highest BCUT2D eigenvalue weighted by molar-refractivity contribution is 5.08. The van der Waals surface area contributed by atoms with Gasteiger partial charge in [-0.1, -0.05) is 32.4 Å². The number of rotatable bonds is 1. The summed E-state index contributed by atoms with van der Waals surface area (Å²) in [5.41, 5.74) is 1.63. The normalized spacial score (nSPS) is 26.5. The summed E-state index contributed by atoms with van der Waals surface area (Å²) in [6, 6.07) is 0. The molecule has 0 saturated carbocycles. The summed E-state index contributed by atoms with van der Waals surface area (Å²) in [4.78, 5) is 0. The van der Waals surface area contributed by atoms with E-state index in [-0.39, 0.29) is 0 Å². The van der Waals surface area contributed by atoms with Gasteiger partial charge in [0, 0.05) is 6.54 Å². The highest BCUT2D eigenvalue weighted by atomic mass is 14.9. The van der Waals surface area contributed by atoms with E-state index in [1.807, 2.05) is 0 Å². The minimum Gasteiger partial charge on any atom is -0.316 e. The second-order valence-corrected chi connectivity index (χ2v) is 3.83. The minimum atomic E-state index is 0.717. The maximum absolute atomic E-state index is 3.43. The van der Waals surface area contributed by atoms with Crippen molar-refractivity contribution in [2.45, 2.75) is 27.2 Å². The lowest BCUT2D eigenvalue weighted by Gasteiger charge is -2.09. The van der Waals surface area contributed by atoms with E-state index >= 15 is 0 Å². The van der Waals surface area contributed by atoms with Crippen molar-refractivity contribution in [1.29, 1.82) is 0 Å². The van der Waals surface area contributed by atoms with Crippen molar-refractivity contribution in [3.8, 4) is 0 Å². The second kappa shape index (κ2) is 3.91. The average Bonchev–Trinajstić information content (AvgIpc) is 2.13. The topological polar surface area (TPSA) is 12.0 Å². The fourth-order valence-corrected chi connectivity index (χ4v) is 1.55. The third-order valence-corrected chi connectivity index (χ3v) is 2.30. The molecule has 1 heteroatoms. The Bertz CT molecular complexity index is 147. The summed E-state index contributed by atoms with van der Waals surface area (Å²) in [5, 5.41) is 3.43. The van der Waals surface area contributed by atoms with Gasteiger partial charge in [0.2, 0.25) is 0 Å². The Morgan fingerprint density at radius 1 is 1.55 bits per heavy atom. The molecule has 11 heavy (non-hydrogen) atoms. The highest BCUT2D eigenvalue weighted by Gasteiger charge is 2.09. The van der Waals surface area contributed by atoms with E-state index in [0.29, 0.717) is 0 Å². The summed E-state index contributed by atoms with van der Waals surface area (Å²) >= 11 is 0. The lowest BCUT2D eigenvalue weighted by Crippen LogP contribution is -2.18. The van der Waals surface area contributed by atoms with Crippen LogP contribution >= 0.6 is 0 Å². The highest BCUT2D eigenvalue weighted by Crippen LogP contribution is 2.17. The SMILES string of the molecule is CC1C=C(C(C)C)CCNC1. The van der Waals surface area contributed by atoms with Crippen LogP contribution in [0, 0.1) is 11.8 Å². The molecular formula is C10H19N. The van der Waals surface area contributed by atoms with Crippen molar-refractivity contribution >= 4 is 0 Å². The first kappa shape index (κ1) is 8.79. The second-order valence-electron chi connectivity index (χ2n) is 3.83. The number of hydrogen-bond acceptors (Lipinski definition) is 1. The van der Waals surface area contributed by atoms with E-state index < -0.39 is 0 Å². The first-order valence-corrected chi connectivity index (χ1v) is 4.61. The molecule has 0 aliphatic carbocycles. The number of nitrogens with one attached hydrogen (secondary N) is 1. The monoisotopic (exact) mass is 153 g/mol. The lowest BCUT2D eigenvalue weighted by atomic mass is 9.97. The first-order chi connectivity index (χ1) is 5.20. The van der Waals surface area contributed by atoms with Gasteiger partial charge in [-0.15, -0.1) is 0 Å². The Kier molecular flexibility index (Phi) is 3.13. The third-order valence-electron chi connectivity index (χ3n) is 2.30. The molecule has 0 bridgehead atoms. The van der Waals surface area contributed by atoms with Crippen LogP contribution in [0.25, 0.3) is 0 Å². The van der Waals surface area contributed by atoms with E-state index in [2.05, 4.69) is 32.2 Å². The van der Waals surface area contributed by atoms with E-state index in [4.69, 9.17) is 0 Å². The molecule has 0 aromatic heterocycles. The molecule has 0 saturated heterocycles. The third kappa shape index (κ3) is 2.66. The maximum Gasteiger partial charge on any atom is 0.00117 e. The zero-order valence-electron chi connectivity index (χ0n) is 7.85. The Labute approximate surface area is 69.9 Å². The van der Waals surface area contributed by atoms with Crippen LogP contribution in [-0.4, -0.2) is 13.1 Å². The Balaban J connectivity index is 2.59. The van der Waals surface area contributed by atoms with Gasteiger partial charge in [0.25, 0.3) is 0 Å². The molecule has 1 atom stereocenters. The van der Waals surface area contributed by atoms with Gasteiger partial charge in [0.05, 0.1) is 0 Å². The Morgan fingerprint density at radius 3 is 2.91 bits per heavy atom. The van der Waals surface area contributed by atoms with Gasteiger partial charge in [-0.05, 0) is 24.8 Å². The zero-order valence-corrected chi connectivity index (χ0v) is 7.85. The molecule has 1 N–H and O–H groups in total. The van der Waals surface area contributed by atoms with Crippen molar-refractivity contribution in [2.75, 3.05) is 13.1 Å². The molecule has 1 heterocycles. The van der Waals surface area contributed by atoms with Crippen LogP contribution in [0.2, 0.25) is 0 Å². The molecule has 1 aliphatic heterocycles. The molecular weight excluding hydrogens is 134 g/mol. The molecule has 64 valence electrons. The molecule has 1 unspecified atom stereocenters. The predicted octanol–water partition coefficient (Wildman–Crippen LogP) is 2.20. The van der Waals surface area contributed by atoms with Crippen LogP contribution in [0.1, 0.15) is 27.2 Å². The van der Waals surface area contributed by atoms with Crippen LogP contribution in [0.4, 0.5) is 0 Å². The van der Waals surface area contributed by atoms with E-state index in [1.165, 1.54) is 6.42 Å². The smallest absolute Gasteiger partial charge is 0.00117 e. The van der Waals surface area contributed by atoms with E-state index in [0.717, 1.165) is 24.9 Å². The van der Waals surface area contributed by atoms with Crippen LogP contribution in [0.3, 0.4) is 0 Å². The van der Waals surface area contributed by atoms with Crippen molar-refractivity contribution in [1.82, 2.24) is 5.32 Å². The first-order valence-electron chi connectivity index (χ1n) is 4.61. The summed E-state index contributed by atoms with van der Waals surface area (Å²) in [6.45, 7) is 9.15. The van der Waals surface area contributed by atoms with Gasteiger partial charge in [-0.25, -0.2) is 0 Å². The van der Waals surface area contributed by atoms with Crippen molar-refractivity contribution in [3.05, 3.63) is 11.6 Å². The standard InChI is InChI=1S/C10H19N/c1-8(2)10-4-5-11-7-9(3)6-10/h6,8-9,11H,4-5,7H2,1-3H3. The van der Waals surface area contributed by atoms with Gasteiger partial charge in [-0.3, -0.25) is 0 Å². The molecule has 0 aromatic carbocycles. The summed E-state index contributed by atoms with van der Waals surface area (Å²) in [6.07, 6.45) is 3.67. The predicted molar refractivity (Wildman–Crippen MR) is 49.6 cm³/mol. The Morgan fingerprint density at radius 2 is 2.27 bits per heavy atom. The van der Waals surface area contributed by atoms with Crippen LogP contribution in [0.15, 0.2) is 11.6 Å². The van der Waals surface area contributed by atoms with E-state index in [1.54, 1.807) is 5.57 Å². The lowest BCUT2D eigenvalue weighted by molar-refractivity contribution is 0.614. The summed E-state index contributed by atoms with van der Waals surface area (Å²) in [5.74, 6) is 1.45. The van der Waals surface area contributed by atoms with Crippen LogP contribution in [-0.2, 0) is 0 Å². The fraction of sp³-hybridized carbons (Fsp3) is 0.800. The molecule has 0 aromatic rings. The van der Waals surface area contributed by atoms with Gasteiger partial charge in [0.15, 0.2) is 0 Å². The minimum absolute atomic E-state index is 0.717. The fourth-order valence-electron chi connectivity index (χ4n) is 1.55. The van der Waals surface area contributed by atoms with Crippen molar-refractivity contribution < 1.29 is 0 Å². The Hall–Kier alpha value is -0.300. The molecule has 0 spiro atoms. The van der Waals surface area contributed by atoms with Gasteiger partial charge in [-0.2, -0.15) is 0 Å². The quantitative estimate of drug-likeness (QED) is 0.569. The van der Waals surface area contributed by atoms with E-state index in [9.17, 15) is 0 Å². The van der Waals surface area contributed by atoms with Crippen molar-refractivity contribution in [2.24, 2.45) is 11.8 Å². The van der Waals surface area contributed by atoms with Crippen molar-refractivity contribution in [3.63, 3.8) is 0 Å². The van der Waals surface area contributed by atoms with Gasteiger partial charge < -0.3 is 5.32 Å². The van der Waals surface area contributed by atoms with Gasteiger partial charge >= 0.3 is 0 Å². The van der Waals surface area contributed by atoms with Gasteiger partial charge in [0.1, 0.15) is 0 Å². The molecule has 1 aliphatic rings. The summed E-state index contributed by atoms with van der Waals surface area (Å²) in [7, 11) is 0. The maximum atomic E-state index is 3.43. The number of hydrogen-bond donors (Lipinski definition) is 1. The molecule has 0 radical (unpaired) electrons. The van der Waals surface area contributed by atoms with Crippen LogP contribution in [0.5, 0.6) is 0 Å². The van der Waals surface area contributed by atoms with Crippen LogP contribution < -0.4 is 5.32 Å². The molecule has 0 fully saturated rings. The zero-order chi connectivity index (χ0) is 8.27. The average molecular weight is 153 g/mol. The summed E-state index contributed by atoms with van der Waals surface area (Å²) < 4.78 is 0.